The number of carbonyl (C=O) groups is 4. The fraction of sp³-hybridized carbons (Fsp3) is 0.696. The monoisotopic (exact) mass is 1000 g/mol. The molecule has 0 saturated carbocycles. The topological polar surface area (TPSA) is 119 Å². The van der Waals surface area contributed by atoms with Gasteiger partial charge < -0.3 is 4.74 Å². The average Bonchev–Trinajstić information content (AvgIpc) is 3.79. The van der Waals surface area contributed by atoms with Crippen molar-refractivity contribution in [2.45, 2.75) is 188 Å². The maximum atomic E-state index is 14.9. The molecule has 2 saturated heterocycles. The number of amides is 2. The van der Waals surface area contributed by atoms with Gasteiger partial charge in [-0.1, -0.05) is 11.6 Å². The van der Waals surface area contributed by atoms with Crippen LogP contribution in [0.5, 0.6) is 0 Å². The summed E-state index contributed by atoms with van der Waals surface area (Å²) in [4.78, 5) is 61.0. The molecular formula is C46H69ClF4N4O6Sn. The number of Topliss-reactive ketones (excluding diaryl/α,β-unsaturated/α-hetero) is 2. The molecule has 4 atom stereocenters. The van der Waals surface area contributed by atoms with Crippen LogP contribution >= 0.6 is 11.6 Å². The van der Waals surface area contributed by atoms with Gasteiger partial charge in [-0.15, -0.1) is 0 Å². The molecule has 2 aliphatic rings. The molecule has 0 spiro atoms. The van der Waals surface area contributed by atoms with Crippen molar-refractivity contribution < 1.29 is 46.2 Å². The number of pyridine rings is 2. The molecule has 4 rings (SSSR count). The number of halogens is 5. The Morgan fingerprint density at radius 1 is 0.694 bits per heavy atom. The fourth-order valence-electron chi connectivity index (χ4n) is 7.98. The van der Waals surface area contributed by atoms with Crippen molar-refractivity contribution in [3.8, 4) is 0 Å². The molecule has 0 aromatic carbocycles. The van der Waals surface area contributed by atoms with Crippen LogP contribution in [-0.2, 0) is 31.9 Å². The van der Waals surface area contributed by atoms with Crippen LogP contribution in [0.2, 0.25) is 18.5 Å². The first kappa shape index (κ1) is 53.3. The van der Waals surface area contributed by atoms with E-state index in [1.165, 1.54) is 49.7 Å². The van der Waals surface area contributed by atoms with Gasteiger partial charge in [0.2, 0.25) is 0 Å². The van der Waals surface area contributed by atoms with E-state index < -0.39 is 77.8 Å². The van der Waals surface area contributed by atoms with Crippen LogP contribution in [0, 0.1) is 11.6 Å². The summed E-state index contributed by atoms with van der Waals surface area (Å²) < 4.78 is 72.0. The van der Waals surface area contributed by atoms with Gasteiger partial charge in [0.15, 0.2) is 5.78 Å². The summed E-state index contributed by atoms with van der Waals surface area (Å²) in [6, 6.07) is 1.54. The summed E-state index contributed by atoms with van der Waals surface area (Å²) in [5.74, 6) is -1.53. The number of rotatable bonds is 18. The Balaban J connectivity index is 0.000000356. The Bertz CT molecular complexity index is 1790. The van der Waals surface area contributed by atoms with Crippen molar-refractivity contribution in [3.63, 3.8) is 0 Å². The summed E-state index contributed by atoms with van der Waals surface area (Å²) in [6.07, 6.45) is 5.62. The van der Waals surface area contributed by atoms with Crippen molar-refractivity contribution in [3.05, 3.63) is 52.4 Å². The Kier molecular flexibility index (Phi) is 20.9. The Morgan fingerprint density at radius 3 is 1.47 bits per heavy atom. The molecule has 2 aromatic heterocycles. The zero-order valence-corrected chi connectivity index (χ0v) is 41.9. The normalized spacial score (nSPS) is 19.3. The van der Waals surface area contributed by atoms with E-state index in [4.69, 9.17) is 21.1 Å². The molecule has 0 aliphatic carbocycles. The first-order chi connectivity index (χ1) is 29.0. The van der Waals surface area contributed by atoms with Crippen molar-refractivity contribution in [1.29, 1.82) is 0 Å². The Morgan fingerprint density at radius 2 is 1.08 bits per heavy atom. The summed E-state index contributed by atoms with van der Waals surface area (Å²) >= 11 is 2.88. The number of hydrogen-bond donors (Lipinski definition) is 0. The van der Waals surface area contributed by atoms with E-state index in [9.17, 15) is 36.7 Å². The molecular weight excluding hydrogens is 935 g/mol. The standard InChI is InChI=1S/C17H21ClF2N2O3.C17H21F2N2O3.3C4H9.Sn/c1-17(2,3)25-16(24)22-9-11(19)7-13(22)14(23)5-4-10-6-15(18)21-8-12(10)20;1-17(2,3)24-16(23)21-10-12(18)8-14(21)15(22)5-4-11-6-7-20-9-13(11)19;3*1-3-4-2;/h6,8,11,13H,4-5,7,9H2,1-3H3;6,9,12,14H,4-5,8,10H2,1-3H3;3*1,3-4H2,2H3;/t11-,13+;12-,14+;;;;/m11..../s1. The van der Waals surface area contributed by atoms with Crippen molar-refractivity contribution in [1.82, 2.24) is 19.8 Å². The van der Waals surface area contributed by atoms with E-state index >= 15 is 0 Å². The van der Waals surface area contributed by atoms with Gasteiger partial charge in [-0.25, -0.2) is 18.6 Å². The van der Waals surface area contributed by atoms with E-state index in [2.05, 4.69) is 30.7 Å². The van der Waals surface area contributed by atoms with Crippen LogP contribution in [0.15, 0.2) is 24.5 Å². The van der Waals surface area contributed by atoms with Crippen LogP contribution in [0.25, 0.3) is 0 Å². The zero-order chi connectivity index (χ0) is 46.4. The predicted octanol–water partition coefficient (Wildman–Crippen LogP) is 10.8. The number of likely N-dealkylation sites (tertiary alicyclic amines) is 2. The molecule has 0 radical (unpaired) electrons. The van der Waals surface area contributed by atoms with E-state index in [0.29, 0.717) is 5.56 Å². The first-order valence-corrected chi connectivity index (χ1v) is 30.2. The summed E-state index contributed by atoms with van der Waals surface area (Å²) in [5.41, 5.74) is -0.702. The Hall–Kier alpha value is -3.01. The third-order valence-corrected chi connectivity index (χ3v) is 26.5. The van der Waals surface area contributed by atoms with Gasteiger partial charge in [0.1, 0.15) is 22.7 Å². The second kappa shape index (κ2) is 24.3. The van der Waals surface area contributed by atoms with Crippen LogP contribution < -0.4 is 3.71 Å². The van der Waals surface area contributed by atoms with E-state index in [1.807, 2.05) is 6.07 Å². The fourth-order valence-corrected chi connectivity index (χ4v) is 23.7. The molecule has 4 heterocycles. The number of unbranched alkanes of at least 4 members (excludes halogenated alkanes) is 3. The number of ketones is 2. The second-order valence-corrected chi connectivity index (χ2v) is 32.2. The molecule has 348 valence electrons. The third kappa shape index (κ3) is 16.5. The van der Waals surface area contributed by atoms with Crippen LogP contribution in [-0.4, -0.2) is 111 Å². The quantitative estimate of drug-likeness (QED) is 0.0823. The average molecular weight is 1000 g/mol. The number of aromatic nitrogens is 2. The van der Waals surface area contributed by atoms with Gasteiger partial charge in [0, 0.05) is 12.8 Å². The van der Waals surface area contributed by atoms with Gasteiger partial charge in [0.05, 0.1) is 18.8 Å². The number of aryl methyl sites for hydroxylation is 2. The van der Waals surface area contributed by atoms with Gasteiger partial charge >= 0.3 is 234 Å². The summed E-state index contributed by atoms with van der Waals surface area (Å²) in [5, 5.41) is 0.129. The predicted molar refractivity (Wildman–Crippen MR) is 237 cm³/mol. The number of hydrogen-bond acceptors (Lipinski definition) is 8. The molecule has 0 N–H and O–H groups in total. The number of carbonyl (C=O) groups excluding carboxylic acids is 4. The van der Waals surface area contributed by atoms with E-state index in [-0.39, 0.29) is 73.9 Å². The molecule has 62 heavy (non-hydrogen) atoms. The summed E-state index contributed by atoms with van der Waals surface area (Å²) in [6.45, 7) is 16.6. The number of nitrogens with zero attached hydrogens (tertiary/aromatic N) is 4. The van der Waals surface area contributed by atoms with E-state index in [1.54, 1.807) is 41.5 Å². The molecule has 2 aromatic rings. The minimum atomic E-state index is -2.84. The molecule has 0 unspecified atom stereocenters. The Labute approximate surface area is 375 Å². The number of alkyl halides is 2. The van der Waals surface area contributed by atoms with E-state index in [0.717, 1.165) is 34.1 Å². The first-order valence-electron chi connectivity index (χ1n) is 22.3. The van der Waals surface area contributed by atoms with Gasteiger partial charge in [0.25, 0.3) is 0 Å². The van der Waals surface area contributed by atoms with Crippen molar-refractivity contribution in [2.24, 2.45) is 0 Å². The van der Waals surface area contributed by atoms with Gasteiger partial charge in [-0.3, -0.25) is 9.69 Å². The van der Waals surface area contributed by atoms with Crippen molar-refractivity contribution >= 4 is 57.4 Å². The summed E-state index contributed by atoms with van der Waals surface area (Å²) in [7, 11) is 0. The second-order valence-electron chi connectivity index (χ2n) is 18.7. The van der Waals surface area contributed by atoms with Crippen LogP contribution in [0.3, 0.4) is 0 Å². The molecule has 0 bridgehead atoms. The molecule has 2 aliphatic heterocycles. The SMILES string of the molecule is CC(C)(C)OC(=O)N1C[C@H](F)C[C@H]1C(=O)CCc1cc(Cl)ncc1F.CCC[CH2][Sn]([CH2]CCC)([CH2]CCC)[c]1cc(CCC(=O)[C@@H]2C[C@@H](F)CN2C(=O)OC(C)(C)C)c(F)cn1. The van der Waals surface area contributed by atoms with Crippen molar-refractivity contribution in [2.75, 3.05) is 13.1 Å². The maximum absolute atomic E-state index is 14.9. The zero-order valence-electron chi connectivity index (χ0n) is 38.3. The molecule has 16 heteroatoms. The molecule has 2 amide bonds. The van der Waals surface area contributed by atoms with Gasteiger partial charge in [-0.2, -0.15) is 0 Å². The molecule has 2 fully saturated rings. The van der Waals surface area contributed by atoms with Crippen LogP contribution in [0.1, 0.15) is 138 Å². The minimum absolute atomic E-state index is 0.0338. The molecule has 10 nitrogen and oxygen atoms in total. The van der Waals surface area contributed by atoms with Crippen LogP contribution in [0.4, 0.5) is 27.2 Å². The third-order valence-electron chi connectivity index (χ3n) is 11.2. The number of ether oxygens (including phenoxy) is 2. The van der Waals surface area contributed by atoms with Gasteiger partial charge in [-0.05, 0) is 38.8 Å².